The summed E-state index contributed by atoms with van der Waals surface area (Å²) in [7, 11) is 0. The van der Waals surface area contributed by atoms with Crippen molar-refractivity contribution in [3.63, 3.8) is 0 Å². The summed E-state index contributed by atoms with van der Waals surface area (Å²) in [6.45, 7) is 4.66. The number of carboxylic acids is 1. The molecule has 3 aromatic rings. The quantitative estimate of drug-likeness (QED) is 0.153. The van der Waals surface area contributed by atoms with E-state index in [0.29, 0.717) is 26.1 Å². The van der Waals surface area contributed by atoms with E-state index in [1.54, 1.807) is 6.20 Å². The van der Waals surface area contributed by atoms with Gasteiger partial charge >= 0.3 is 35.5 Å². The Kier molecular flexibility index (Phi) is 12.5. The first kappa shape index (κ1) is 28.6. The van der Waals surface area contributed by atoms with Crippen LogP contribution in [0.15, 0.2) is 78.1 Å². The first-order valence-electron chi connectivity index (χ1n) is 11.7. The fourth-order valence-electron chi connectivity index (χ4n) is 3.58. The number of oxime groups is 1. The van der Waals surface area contributed by atoms with Crippen molar-refractivity contribution >= 4 is 41.2 Å². The Balaban J connectivity index is 0.00000432. The summed E-state index contributed by atoms with van der Waals surface area (Å²) in [6, 6.07) is 21.5. The van der Waals surface area contributed by atoms with E-state index in [2.05, 4.69) is 17.1 Å². The molecule has 2 aromatic carbocycles. The summed E-state index contributed by atoms with van der Waals surface area (Å²) >= 11 is 0. The van der Waals surface area contributed by atoms with Crippen LogP contribution in [0, 0.1) is 5.92 Å². The molecule has 0 fully saturated rings. The molecule has 1 aromatic heterocycles. The number of hydrogen-bond acceptors (Lipinski definition) is 5. The fourth-order valence-corrected chi connectivity index (χ4v) is 3.58. The Morgan fingerprint density at radius 2 is 1.77 bits per heavy atom. The zero-order valence-electron chi connectivity index (χ0n) is 19.8. The van der Waals surface area contributed by atoms with Crippen LogP contribution in [0.1, 0.15) is 44.2 Å². The molecule has 0 aliphatic heterocycles. The molecule has 0 spiro atoms. The van der Waals surface area contributed by atoms with Crippen molar-refractivity contribution in [1.82, 2.24) is 4.98 Å². The molecule has 0 aliphatic rings. The number of ether oxygens (including phenoxy) is 1. The fraction of sp³-hybridized carbons (Fsp3) is 0.321. The Morgan fingerprint density at radius 3 is 2.40 bits per heavy atom. The average molecular weight is 485 g/mol. The van der Waals surface area contributed by atoms with Gasteiger partial charge in [-0.25, -0.2) is 0 Å². The van der Waals surface area contributed by atoms with E-state index in [1.165, 1.54) is 0 Å². The third-order valence-corrected chi connectivity index (χ3v) is 5.57. The molecule has 0 bridgehead atoms. The second kappa shape index (κ2) is 15.4. The van der Waals surface area contributed by atoms with E-state index in [9.17, 15) is 9.90 Å². The molecule has 0 amide bonds. The van der Waals surface area contributed by atoms with Crippen LogP contribution in [-0.2, 0) is 16.1 Å². The molecule has 1 unspecified atom stereocenters. The summed E-state index contributed by atoms with van der Waals surface area (Å²) in [6.07, 6.45) is 4.95. The van der Waals surface area contributed by atoms with E-state index in [1.807, 2.05) is 73.7 Å². The van der Waals surface area contributed by atoms with Gasteiger partial charge in [0.2, 0.25) is 0 Å². The van der Waals surface area contributed by atoms with Gasteiger partial charge in [0.15, 0.2) is 6.61 Å². The van der Waals surface area contributed by atoms with Crippen LogP contribution < -0.4 is 4.74 Å². The second-order valence-electron chi connectivity index (χ2n) is 8.18. The molecule has 6 nitrogen and oxygen atoms in total. The number of aromatic nitrogens is 1. The first-order chi connectivity index (χ1) is 16.6. The molecule has 0 aliphatic carbocycles. The summed E-state index contributed by atoms with van der Waals surface area (Å²) < 4.78 is 5.71. The Bertz CT molecular complexity index is 1050. The number of carbonyl (C=O) groups is 1. The molecule has 7 heteroatoms. The molecule has 3 rings (SSSR count). The number of carboxylic acid groups (broad SMARTS) is 1. The van der Waals surface area contributed by atoms with Crippen molar-refractivity contribution in [1.29, 1.82) is 0 Å². The molecule has 0 radical (unpaired) electrons. The van der Waals surface area contributed by atoms with Crippen LogP contribution in [0.5, 0.6) is 5.75 Å². The molecule has 1 N–H and O–H groups in total. The van der Waals surface area contributed by atoms with Gasteiger partial charge in [0.1, 0.15) is 12.4 Å². The maximum absolute atomic E-state index is 11.4. The molecule has 1 heterocycles. The second-order valence-corrected chi connectivity index (χ2v) is 8.18. The van der Waals surface area contributed by atoms with Crippen LogP contribution in [0.3, 0.4) is 0 Å². The number of aliphatic carboxylic acids is 1. The van der Waals surface area contributed by atoms with Gasteiger partial charge in [-0.05, 0) is 55.2 Å². The van der Waals surface area contributed by atoms with Crippen LogP contribution >= 0.6 is 0 Å². The Hall–Kier alpha value is -2.67. The van der Waals surface area contributed by atoms with Crippen molar-refractivity contribution < 1.29 is 19.5 Å². The number of hydrogen-bond donors (Lipinski definition) is 1. The van der Waals surface area contributed by atoms with Gasteiger partial charge in [0.05, 0.1) is 17.3 Å². The predicted octanol–water partition coefficient (Wildman–Crippen LogP) is 5.35. The first-order valence-corrected chi connectivity index (χ1v) is 11.7. The number of nitrogens with zero attached hydrogens (tertiary/aromatic N) is 2. The SMILES string of the molecule is CCCCC(Cc1ccc(OCCO/N=C(/C)c2ccc(-c3ccccn3)cc2)cc1)C(=O)O.[NaH]. The van der Waals surface area contributed by atoms with Gasteiger partial charge in [-0.15, -0.1) is 0 Å². The number of rotatable bonds is 13. The average Bonchev–Trinajstić information content (AvgIpc) is 2.87. The molecule has 35 heavy (non-hydrogen) atoms. The van der Waals surface area contributed by atoms with Crippen molar-refractivity contribution in [3.8, 4) is 17.0 Å². The summed E-state index contributed by atoms with van der Waals surface area (Å²) in [5.41, 5.74) is 4.75. The Labute approximate surface area is 229 Å². The van der Waals surface area contributed by atoms with E-state index < -0.39 is 5.97 Å². The third-order valence-electron chi connectivity index (χ3n) is 5.57. The van der Waals surface area contributed by atoms with Crippen LogP contribution in [0.25, 0.3) is 11.3 Å². The molecule has 180 valence electrons. The van der Waals surface area contributed by atoms with Crippen molar-refractivity contribution in [2.45, 2.75) is 39.5 Å². The van der Waals surface area contributed by atoms with E-state index in [4.69, 9.17) is 9.57 Å². The number of benzene rings is 2. The number of unbranched alkanes of at least 4 members (excludes halogenated alkanes) is 1. The third kappa shape index (κ3) is 9.48. The minimum atomic E-state index is -0.731. The number of pyridine rings is 1. The summed E-state index contributed by atoms with van der Waals surface area (Å²) in [5.74, 6) is -0.350. The molecule has 1 atom stereocenters. The van der Waals surface area contributed by atoms with Crippen LogP contribution in [0.2, 0.25) is 0 Å². The molecule has 0 saturated carbocycles. The van der Waals surface area contributed by atoms with Gasteiger partial charge in [-0.3, -0.25) is 9.78 Å². The van der Waals surface area contributed by atoms with E-state index in [-0.39, 0.29) is 35.5 Å². The van der Waals surface area contributed by atoms with Crippen molar-refractivity contribution in [2.75, 3.05) is 13.2 Å². The Morgan fingerprint density at radius 1 is 1.03 bits per heavy atom. The van der Waals surface area contributed by atoms with Gasteiger partial charge in [0, 0.05) is 11.8 Å². The van der Waals surface area contributed by atoms with Gasteiger partial charge in [0.25, 0.3) is 0 Å². The predicted molar refractivity (Wildman–Crippen MR) is 141 cm³/mol. The molecule has 0 saturated heterocycles. The van der Waals surface area contributed by atoms with Gasteiger partial charge < -0.3 is 14.7 Å². The summed E-state index contributed by atoms with van der Waals surface area (Å²) in [4.78, 5) is 21.2. The molecular weight excluding hydrogens is 451 g/mol. The maximum atomic E-state index is 11.4. The van der Waals surface area contributed by atoms with Gasteiger partial charge in [-0.1, -0.05) is 67.4 Å². The van der Waals surface area contributed by atoms with E-state index >= 15 is 0 Å². The minimum absolute atomic E-state index is 0. The topological polar surface area (TPSA) is 81.0 Å². The van der Waals surface area contributed by atoms with Crippen molar-refractivity contribution in [3.05, 3.63) is 84.1 Å². The van der Waals surface area contributed by atoms with Crippen LogP contribution in [0.4, 0.5) is 0 Å². The molecular formula is C28H33N2NaO4. The standard InChI is InChI=1S/C28H32N2O4.Na.H/c1-3-4-7-25(28(31)32)20-22-9-15-26(16-10-22)33-18-19-34-30-21(2)23-11-13-24(14-12-23)27-8-5-6-17-29-27;;/h5-6,8-17,25H,3-4,7,18-20H2,1-2H3,(H,31,32);;/b30-21-;;. The van der Waals surface area contributed by atoms with E-state index in [0.717, 1.165) is 46.7 Å². The van der Waals surface area contributed by atoms with Gasteiger partial charge in [-0.2, -0.15) is 0 Å². The zero-order chi connectivity index (χ0) is 24.2. The zero-order valence-corrected chi connectivity index (χ0v) is 19.8. The summed E-state index contributed by atoms with van der Waals surface area (Å²) in [5, 5.41) is 13.6. The van der Waals surface area contributed by atoms with Crippen LogP contribution in [-0.4, -0.2) is 64.5 Å². The normalized spacial score (nSPS) is 11.9. The van der Waals surface area contributed by atoms with Crippen molar-refractivity contribution in [2.24, 2.45) is 11.1 Å². The monoisotopic (exact) mass is 484 g/mol.